The Bertz CT molecular complexity index is 571. The highest BCUT2D eigenvalue weighted by molar-refractivity contribution is 5.91. The van der Waals surface area contributed by atoms with Crippen molar-refractivity contribution in [2.24, 2.45) is 0 Å². The summed E-state index contributed by atoms with van der Waals surface area (Å²) in [5.41, 5.74) is 2.20. The van der Waals surface area contributed by atoms with Crippen LogP contribution in [0.4, 0.5) is 0 Å². The number of benzene rings is 1. The van der Waals surface area contributed by atoms with Crippen molar-refractivity contribution in [1.29, 1.82) is 0 Å². The molecule has 1 aromatic heterocycles. The molecule has 1 aromatic carbocycles. The second-order valence-electron chi connectivity index (χ2n) is 4.55. The van der Waals surface area contributed by atoms with E-state index >= 15 is 0 Å². The molecule has 0 unspecified atom stereocenters. The van der Waals surface area contributed by atoms with Gasteiger partial charge in [0, 0.05) is 39.1 Å². The highest BCUT2D eigenvalue weighted by Crippen LogP contribution is 2.09. The first-order valence-corrected chi connectivity index (χ1v) is 6.09. The predicted molar refractivity (Wildman–Crippen MR) is 75.5 cm³/mol. The third-order valence-corrected chi connectivity index (χ3v) is 2.73. The van der Waals surface area contributed by atoms with Crippen LogP contribution in [-0.2, 0) is 11.3 Å². The number of hydrogen-bond acceptors (Lipinski definition) is 2. The van der Waals surface area contributed by atoms with E-state index in [-0.39, 0.29) is 5.91 Å². The normalized spacial score (nSPS) is 10.8. The number of imidazole rings is 1. The molecule has 0 saturated carbocycles. The Morgan fingerprint density at radius 2 is 2.26 bits per heavy atom. The third-order valence-electron chi connectivity index (χ3n) is 2.73. The molecule has 0 aliphatic heterocycles. The van der Waals surface area contributed by atoms with Crippen molar-refractivity contribution >= 4 is 12.0 Å². The maximum Gasteiger partial charge on any atom is 0.246 e. The molecule has 0 aliphatic rings. The van der Waals surface area contributed by atoms with E-state index < -0.39 is 0 Å². The minimum Gasteiger partial charge on any atom is -0.345 e. The zero-order chi connectivity index (χ0) is 13.7. The van der Waals surface area contributed by atoms with E-state index in [9.17, 15) is 4.79 Å². The largest absolute Gasteiger partial charge is 0.345 e. The number of likely N-dealkylation sites (N-methyl/N-ethyl adjacent to an activating group) is 1. The van der Waals surface area contributed by atoms with Crippen LogP contribution in [0.2, 0.25) is 0 Å². The van der Waals surface area contributed by atoms with Gasteiger partial charge >= 0.3 is 0 Å². The fourth-order valence-corrected chi connectivity index (χ4v) is 1.70. The molecule has 0 bridgehead atoms. The van der Waals surface area contributed by atoms with E-state index in [0.717, 1.165) is 12.1 Å². The van der Waals surface area contributed by atoms with E-state index in [2.05, 4.69) is 17.1 Å². The lowest BCUT2D eigenvalue weighted by molar-refractivity contribution is -0.123. The number of amides is 1. The van der Waals surface area contributed by atoms with Gasteiger partial charge in [0.25, 0.3) is 0 Å². The smallest absolute Gasteiger partial charge is 0.246 e. The van der Waals surface area contributed by atoms with E-state index in [1.807, 2.05) is 29.0 Å². The number of aromatic nitrogens is 2. The van der Waals surface area contributed by atoms with Gasteiger partial charge in [0.2, 0.25) is 5.91 Å². The van der Waals surface area contributed by atoms with Gasteiger partial charge in [-0.25, -0.2) is 4.98 Å². The zero-order valence-corrected chi connectivity index (χ0v) is 11.2. The fourth-order valence-electron chi connectivity index (χ4n) is 1.70. The average molecular weight is 255 g/mol. The van der Waals surface area contributed by atoms with Crippen LogP contribution >= 0.6 is 0 Å². The molecule has 1 heterocycles. The summed E-state index contributed by atoms with van der Waals surface area (Å²) in [4.78, 5) is 17.1. The van der Waals surface area contributed by atoms with Gasteiger partial charge in [0.1, 0.15) is 0 Å². The van der Waals surface area contributed by atoms with Crippen LogP contribution in [-0.4, -0.2) is 34.5 Å². The molecule has 4 nitrogen and oxygen atoms in total. The van der Waals surface area contributed by atoms with E-state index in [1.54, 1.807) is 37.6 Å². The van der Waals surface area contributed by atoms with Gasteiger partial charge in [0.05, 0.1) is 6.33 Å². The Morgan fingerprint density at radius 3 is 2.95 bits per heavy atom. The molecule has 0 spiro atoms. The SMILES string of the molecule is CN(C)C(=O)C=Cc1cccc(Cn2ccnc2)c1. The molecule has 2 aromatic rings. The van der Waals surface area contributed by atoms with Crippen LogP contribution in [0.1, 0.15) is 11.1 Å². The third kappa shape index (κ3) is 3.81. The predicted octanol–water partition coefficient (Wildman–Crippen LogP) is 2.03. The van der Waals surface area contributed by atoms with Crippen LogP contribution in [0.15, 0.2) is 49.1 Å². The van der Waals surface area contributed by atoms with Crippen molar-refractivity contribution in [2.75, 3.05) is 14.1 Å². The second kappa shape index (κ2) is 6.00. The minimum absolute atomic E-state index is 0.0139. The van der Waals surface area contributed by atoms with E-state index in [1.165, 1.54) is 5.56 Å². The molecule has 19 heavy (non-hydrogen) atoms. The van der Waals surface area contributed by atoms with Crippen LogP contribution in [0.25, 0.3) is 6.08 Å². The second-order valence-corrected chi connectivity index (χ2v) is 4.55. The Balaban J connectivity index is 2.09. The maximum absolute atomic E-state index is 11.5. The van der Waals surface area contributed by atoms with Gasteiger partial charge in [-0.05, 0) is 23.3 Å². The molecule has 0 atom stereocenters. The Labute approximate surface area is 113 Å². The summed E-state index contributed by atoms with van der Waals surface area (Å²) in [5, 5.41) is 0. The molecule has 0 aliphatic carbocycles. The maximum atomic E-state index is 11.5. The lowest BCUT2D eigenvalue weighted by atomic mass is 10.1. The molecular formula is C15H17N3O. The molecule has 2 rings (SSSR count). The summed E-state index contributed by atoms with van der Waals surface area (Å²) >= 11 is 0. The van der Waals surface area contributed by atoms with Gasteiger partial charge in [-0.1, -0.05) is 18.2 Å². The molecule has 0 radical (unpaired) electrons. The summed E-state index contributed by atoms with van der Waals surface area (Å²) < 4.78 is 2.01. The number of nitrogens with zero attached hydrogens (tertiary/aromatic N) is 3. The average Bonchev–Trinajstić information content (AvgIpc) is 2.89. The first-order valence-electron chi connectivity index (χ1n) is 6.09. The quantitative estimate of drug-likeness (QED) is 0.784. The monoisotopic (exact) mass is 255 g/mol. The fraction of sp³-hybridized carbons (Fsp3) is 0.200. The highest BCUT2D eigenvalue weighted by Gasteiger charge is 1.98. The first kappa shape index (κ1) is 13.1. The van der Waals surface area contributed by atoms with E-state index in [4.69, 9.17) is 0 Å². The summed E-state index contributed by atoms with van der Waals surface area (Å²) in [7, 11) is 3.48. The Morgan fingerprint density at radius 1 is 1.42 bits per heavy atom. The highest BCUT2D eigenvalue weighted by atomic mass is 16.2. The summed E-state index contributed by atoms with van der Waals surface area (Å²) in [5.74, 6) is -0.0139. The molecule has 1 amide bonds. The van der Waals surface area contributed by atoms with Crippen molar-refractivity contribution in [3.05, 3.63) is 60.2 Å². The summed E-state index contributed by atoms with van der Waals surface area (Å²) in [6.45, 7) is 0.781. The van der Waals surface area contributed by atoms with Gasteiger partial charge in [-0.3, -0.25) is 4.79 Å². The molecule has 98 valence electrons. The Kier molecular flexibility index (Phi) is 4.13. The lowest BCUT2D eigenvalue weighted by Gasteiger charge is -2.06. The standard InChI is InChI=1S/C15H17N3O/c1-17(2)15(19)7-6-13-4-3-5-14(10-13)11-18-9-8-16-12-18/h3-10,12H,11H2,1-2H3. The summed E-state index contributed by atoms with van der Waals surface area (Å²) in [6, 6.07) is 8.10. The number of carbonyl (C=O) groups excluding carboxylic acids is 1. The number of rotatable bonds is 4. The zero-order valence-electron chi connectivity index (χ0n) is 11.2. The van der Waals surface area contributed by atoms with E-state index in [0.29, 0.717) is 0 Å². The van der Waals surface area contributed by atoms with Gasteiger partial charge in [0.15, 0.2) is 0 Å². The molecule has 0 fully saturated rings. The minimum atomic E-state index is -0.0139. The number of hydrogen-bond donors (Lipinski definition) is 0. The van der Waals surface area contributed by atoms with Crippen LogP contribution < -0.4 is 0 Å². The van der Waals surface area contributed by atoms with Crippen molar-refractivity contribution in [1.82, 2.24) is 14.5 Å². The topological polar surface area (TPSA) is 38.1 Å². The van der Waals surface area contributed by atoms with Crippen molar-refractivity contribution in [3.8, 4) is 0 Å². The van der Waals surface area contributed by atoms with Crippen LogP contribution in [0.5, 0.6) is 0 Å². The first-order chi connectivity index (χ1) is 9.15. The van der Waals surface area contributed by atoms with Crippen LogP contribution in [0, 0.1) is 0 Å². The number of carbonyl (C=O) groups is 1. The molecular weight excluding hydrogens is 238 g/mol. The summed E-state index contributed by atoms with van der Waals surface area (Å²) in [6.07, 6.45) is 8.89. The molecule has 4 heteroatoms. The molecule has 0 saturated heterocycles. The van der Waals surface area contributed by atoms with Crippen molar-refractivity contribution in [3.63, 3.8) is 0 Å². The lowest BCUT2D eigenvalue weighted by Crippen LogP contribution is -2.18. The van der Waals surface area contributed by atoms with Crippen LogP contribution in [0.3, 0.4) is 0 Å². The van der Waals surface area contributed by atoms with Crippen molar-refractivity contribution < 1.29 is 4.79 Å². The van der Waals surface area contributed by atoms with Gasteiger partial charge in [-0.15, -0.1) is 0 Å². The Hall–Kier alpha value is -2.36. The van der Waals surface area contributed by atoms with Crippen molar-refractivity contribution in [2.45, 2.75) is 6.54 Å². The van der Waals surface area contributed by atoms with Gasteiger partial charge < -0.3 is 9.47 Å². The molecule has 0 N–H and O–H groups in total. The van der Waals surface area contributed by atoms with Gasteiger partial charge in [-0.2, -0.15) is 0 Å².